The van der Waals surface area contributed by atoms with E-state index in [2.05, 4.69) is 4.98 Å². The van der Waals surface area contributed by atoms with Crippen LogP contribution in [0.15, 0.2) is 45.6 Å². The summed E-state index contributed by atoms with van der Waals surface area (Å²) in [7, 11) is 0. The van der Waals surface area contributed by atoms with Crippen LogP contribution >= 0.6 is 11.6 Å². The number of carboxylic acids is 1. The van der Waals surface area contributed by atoms with Gasteiger partial charge in [-0.05, 0) is 31.2 Å². The number of aromatic nitrogens is 1. The molecule has 0 amide bonds. The Balaban J connectivity index is 2.14. The lowest BCUT2D eigenvalue weighted by Gasteiger charge is -2.11. The largest absolute Gasteiger partial charge is 0.479 e. The van der Waals surface area contributed by atoms with Gasteiger partial charge >= 0.3 is 11.6 Å². The molecule has 0 aliphatic heterocycles. The third kappa shape index (κ3) is 3.46. The quantitative estimate of drug-likeness (QED) is 0.763. The average Bonchev–Trinajstić information content (AvgIpc) is 2.53. The van der Waals surface area contributed by atoms with Gasteiger partial charge < -0.3 is 14.3 Å². The van der Waals surface area contributed by atoms with E-state index >= 15 is 0 Å². The monoisotopic (exact) mass is 363 g/mol. The molecule has 0 fully saturated rings. The molecule has 25 heavy (non-hydrogen) atoms. The second-order valence-electron chi connectivity index (χ2n) is 5.20. The summed E-state index contributed by atoms with van der Waals surface area (Å²) in [5.74, 6) is -1.67. The highest BCUT2D eigenvalue weighted by Crippen LogP contribution is 2.33. The summed E-state index contributed by atoms with van der Waals surface area (Å²) in [5, 5.41) is 9.45. The number of halogens is 2. The molecule has 1 atom stereocenters. The number of rotatable bonds is 4. The molecule has 0 saturated heterocycles. The van der Waals surface area contributed by atoms with Crippen molar-refractivity contribution in [2.24, 2.45) is 0 Å². The first-order valence-corrected chi connectivity index (χ1v) is 7.53. The number of fused-ring (bicyclic) bond motifs is 1. The third-order valence-corrected chi connectivity index (χ3v) is 3.76. The second-order valence-corrected chi connectivity index (χ2v) is 5.61. The SMILES string of the molecule is CC(Oc1ccc2c(-c3ccc(F)cc3Cl)cc(=O)oc2n1)C(=O)O. The highest BCUT2D eigenvalue weighted by Gasteiger charge is 2.16. The van der Waals surface area contributed by atoms with Crippen LogP contribution in [-0.2, 0) is 4.79 Å². The molecule has 1 unspecified atom stereocenters. The molecule has 8 heteroatoms. The zero-order valence-corrected chi connectivity index (χ0v) is 13.6. The van der Waals surface area contributed by atoms with Gasteiger partial charge in [0.05, 0.1) is 5.02 Å². The molecular weight excluding hydrogens is 353 g/mol. The fraction of sp³-hybridized carbons (Fsp3) is 0.118. The lowest BCUT2D eigenvalue weighted by atomic mass is 10.0. The Kier molecular flexibility index (Phi) is 4.41. The first-order valence-electron chi connectivity index (χ1n) is 7.15. The Morgan fingerprint density at radius 3 is 2.72 bits per heavy atom. The lowest BCUT2D eigenvalue weighted by Crippen LogP contribution is -2.23. The molecule has 0 aliphatic carbocycles. The van der Waals surface area contributed by atoms with Gasteiger partial charge in [0.25, 0.3) is 0 Å². The van der Waals surface area contributed by atoms with E-state index < -0.39 is 23.5 Å². The van der Waals surface area contributed by atoms with E-state index in [1.54, 1.807) is 6.07 Å². The van der Waals surface area contributed by atoms with Crippen molar-refractivity contribution in [2.45, 2.75) is 13.0 Å². The van der Waals surface area contributed by atoms with Crippen LogP contribution in [0, 0.1) is 5.82 Å². The second kappa shape index (κ2) is 6.52. The van der Waals surface area contributed by atoms with Gasteiger partial charge in [0.2, 0.25) is 11.6 Å². The molecule has 0 aliphatic rings. The highest BCUT2D eigenvalue weighted by atomic mass is 35.5. The van der Waals surface area contributed by atoms with Crippen LogP contribution < -0.4 is 10.4 Å². The van der Waals surface area contributed by atoms with Crippen molar-refractivity contribution < 1.29 is 23.4 Å². The molecule has 0 spiro atoms. The predicted octanol–water partition coefficient (Wildman–Crippen LogP) is 3.50. The van der Waals surface area contributed by atoms with E-state index in [4.69, 9.17) is 25.9 Å². The fourth-order valence-electron chi connectivity index (χ4n) is 2.25. The third-order valence-electron chi connectivity index (χ3n) is 3.45. The molecule has 1 aromatic carbocycles. The zero-order valence-electron chi connectivity index (χ0n) is 12.8. The maximum Gasteiger partial charge on any atom is 0.344 e. The summed E-state index contributed by atoms with van der Waals surface area (Å²) in [6.45, 7) is 1.35. The summed E-state index contributed by atoms with van der Waals surface area (Å²) in [6, 6.07) is 8.04. The number of pyridine rings is 1. The summed E-state index contributed by atoms with van der Waals surface area (Å²) in [5.41, 5.74) is 0.133. The van der Waals surface area contributed by atoms with Gasteiger partial charge in [-0.3, -0.25) is 0 Å². The Labute approximate surface area is 145 Å². The van der Waals surface area contributed by atoms with Crippen molar-refractivity contribution in [1.82, 2.24) is 4.98 Å². The van der Waals surface area contributed by atoms with Crippen LogP contribution in [0.4, 0.5) is 4.39 Å². The minimum absolute atomic E-state index is 0.00657. The normalized spacial score (nSPS) is 12.1. The van der Waals surface area contributed by atoms with E-state index in [0.29, 0.717) is 16.5 Å². The first kappa shape index (κ1) is 16.9. The molecule has 128 valence electrons. The van der Waals surface area contributed by atoms with Crippen molar-refractivity contribution in [3.05, 3.63) is 57.7 Å². The van der Waals surface area contributed by atoms with Crippen LogP contribution in [-0.4, -0.2) is 22.2 Å². The van der Waals surface area contributed by atoms with Crippen molar-refractivity contribution >= 4 is 28.7 Å². The van der Waals surface area contributed by atoms with Crippen LogP contribution in [0.3, 0.4) is 0 Å². The summed E-state index contributed by atoms with van der Waals surface area (Å²) < 4.78 is 23.5. The number of hydrogen-bond acceptors (Lipinski definition) is 5. The standard InChI is InChI=1S/C17H11ClFNO5/c1-8(17(22)23)24-14-5-4-11-12(7-15(21)25-16(11)20-14)10-3-2-9(19)6-13(10)18/h2-8H,1H3,(H,22,23). The van der Waals surface area contributed by atoms with Crippen LogP contribution in [0.25, 0.3) is 22.2 Å². The molecule has 0 bridgehead atoms. The van der Waals surface area contributed by atoms with Crippen molar-refractivity contribution in [2.75, 3.05) is 0 Å². The van der Waals surface area contributed by atoms with Crippen molar-refractivity contribution in [3.8, 4) is 17.0 Å². The lowest BCUT2D eigenvalue weighted by molar-refractivity contribution is -0.144. The summed E-state index contributed by atoms with van der Waals surface area (Å²) in [6.07, 6.45) is -1.12. The molecule has 6 nitrogen and oxygen atoms in total. The Hall–Kier alpha value is -2.93. The predicted molar refractivity (Wildman–Crippen MR) is 88.4 cm³/mol. The van der Waals surface area contributed by atoms with Gasteiger partial charge in [0.1, 0.15) is 5.82 Å². The van der Waals surface area contributed by atoms with Crippen LogP contribution in [0.5, 0.6) is 5.88 Å². The van der Waals surface area contributed by atoms with E-state index in [1.807, 2.05) is 0 Å². The topological polar surface area (TPSA) is 89.6 Å². The van der Waals surface area contributed by atoms with E-state index in [-0.39, 0.29) is 16.6 Å². The molecule has 0 radical (unpaired) electrons. The minimum atomic E-state index is -1.16. The van der Waals surface area contributed by atoms with E-state index in [1.165, 1.54) is 31.2 Å². The van der Waals surface area contributed by atoms with Crippen LogP contribution in [0.1, 0.15) is 6.92 Å². The Morgan fingerprint density at radius 1 is 1.28 bits per heavy atom. The number of hydrogen-bond donors (Lipinski definition) is 1. The number of carbonyl (C=O) groups is 1. The minimum Gasteiger partial charge on any atom is -0.479 e. The average molecular weight is 364 g/mol. The van der Waals surface area contributed by atoms with Gasteiger partial charge in [0, 0.05) is 28.6 Å². The molecule has 3 rings (SSSR count). The maximum atomic E-state index is 13.3. The number of aliphatic carboxylic acids is 1. The smallest absolute Gasteiger partial charge is 0.344 e. The summed E-state index contributed by atoms with van der Waals surface area (Å²) in [4.78, 5) is 26.7. The number of carboxylic acid groups (broad SMARTS) is 1. The Morgan fingerprint density at radius 2 is 2.04 bits per heavy atom. The molecule has 2 heterocycles. The van der Waals surface area contributed by atoms with Gasteiger partial charge in [-0.1, -0.05) is 11.6 Å². The molecule has 0 saturated carbocycles. The summed E-state index contributed by atoms with van der Waals surface area (Å²) >= 11 is 6.07. The molecular formula is C17H11ClFNO5. The first-order chi connectivity index (χ1) is 11.8. The van der Waals surface area contributed by atoms with Gasteiger partial charge in [0.15, 0.2) is 6.10 Å². The molecule has 1 N–H and O–H groups in total. The number of benzene rings is 1. The number of nitrogens with zero attached hydrogens (tertiary/aromatic N) is 1. The zero-order chi connectivity index (χ0) is 18.1. The van der Waals surface area contributed by atoms with Crippen molar-refractivity contribution in [3.63, 3.8) is 0 Å². The fourth-order valence-corrected chi connectivity index (χ4v) is 2.52. The molecule has 3 aromatic rings. The van der Waals surface area contributed by atoms with Gasteiger partial charge in [-0.15, -0.1) is 0 Å². The van der Waals surface area contributed by atoms with Gasteiger partial charge in [-0.2, -0.15) is 4.98 Å². The molecule has 2 aromatic heterocycles. The van der Waals surface area contributed by atoms with E-state index in [0.717, 1.165) is 6.07 Å². The highest BCUT2D eigenvalue weighted by molar-refractivity contribution is 6.33. The van der Waals surface area contributed by atoms with Gasteiger partial charge in [-0.25, -0.2) is 14.0 Å². The van der Waals surface area contributed by atoms with Crippen molar-refractivity contribution in [1.29, 1.82) is 0 Å². The van der Waals surface area contributed by atoms with Crippen LogP contribution in [0.2, 0.25) is 5.02 Å². The van der Waals surface area contributed by atoms with E-state index in [9.17, 15) is 14.0 Å². The number of ether oxygens (including phenoxy) is 1. The maximum absolute atomic E-state index is 13.3. The Bertz CT molecular complexity index is 1030.